The molecule has 7 heteroatoms. The molecule has 1 aliphatic heterocycles. The summed E-state index contributed by atoms with van der Waals surface area (Å²) in [5.74, 6) is -0.645. The van der Waals surface area contributed by atoms with Gasteiger partial charge in [-0.2, -0.15) is 0 Å². The normalized spacial score (nSPS) is 15.1. The molecular formula is C27H29FN2O3S. The summed E-state index contributed by atoms with van der Waals surface area (Å²) in [6.45, 7) is 3.22. The predicted molar refractivity (Wildman–Crippen MR) is 132 cm³/mol. The Bertz CT molecular complexity index is 1130. The third-order valence-electron chi connectivity index (χ3n) is 6.26. The molecule has 0 N–H and O–H groups in total. The van der Waals surface area contributed by atoms with Gasteiger partial charge in [-0.3, -0.25) is 9.59 Å². The third kappa shape index (κ3) is 5.21. The van der Waals surface area contributed by atoms with Gasteiger partial charge in [-0.05, 0) is 65.2 Å². The van der Waals surface area contributed by atoms with Crippen molar-refractivity contribution in [2.45, 2.75) is 25.8 Å². The number of hydrogen-bond acceptors (Lipinski definition) is 4. The van der Waals surface area contributed by atoms with E-state index in [2.05, 4.69) is 6.92 Å². The van der Waals surface area contributed by atoms with Crippen molar-refractivity contribution >= 4 is 23.2 Å². The molecule has 178 valence electrons. The molecule has 1 aromatic heterocycles. The van der Waals surface area contributed by atoms with Crippen LogP contribution in [0.15, 0.2) is 60.0 Å². The molecule has 0 radical (unpaired) electrons. The van der Waals surface area contributed by atoms with E-state index in [4.69, 9.17) is 4.74 Å². The van der Waals surface area contributed by atoms with E-state index in [1.165, 1.54) is 17.0 Å². The number of methoxy groups -OCH3 is 1. The molecule has 4 rings (SSSR count). The maximum absolute atomic E-state index is 13.6. The number of carbonyl (C=O) groups is 2. The highest BCUT2D eigenvalue weighted by atomic mass is 32.1. The Labute approximate surface area is 203 Å². The minimum Gasteiger partial charge on any atom is -0.383 e. The van der Waals surface area contributed by atoms with Gasteiger partial charge in [0, 0.05) is 30.6 Å². The number of fused-ring (bicyclic) bond motifs is 1. The molecule has 1 atom stereocenters. The number of benzene rings is 2. The molecule has 1 unspecified atom stereocenters. The van der Waals surface area contributed by atoms with Crippen molar-refractivity contribution in [1.29, 1.82) is 0 Å². The van der Waals surface area contributed by atoms with Gasteiger partial charge in [0.1, 0.15) is 12.4 Å². The van der Waals surface area contributed by atoms with Gasteiger partial charge in [0.15, 0.2) is 0 Å². The van der Waals surface area contributed by atoms with Gasteiger partial charge < -0.3 is 14.5 Å². The van der Waals surface area contributed by atoms with Gasteiger partial charge >= 0.3 is 0 Å². The molecule has 2 amide bonds. The number of amides is 2. The lowest BCUT2D eigenvalue weighted by atomic mass is 9.93. The fourth-order valence-corrected chi connectivity index (χ4v) is 5.27. The first-order chi connectivity index (χ1) is 16.5. The average Bonchev–Trinajstić information content (AvgIpc) is 3.35. The molecule has 0 bridgehead atoms. The third-order valence-corrected chi connectivity index (χ3v) is 7.26. The Balaban J connectivity index is 1.59. The van der Waals surface area contributed by atoms with E-state index in [-0.39, 0.29) is 30.2 Å². The summed E-state index contributed by atoms with van der Waals surface area (Å²) in [5.41, 5.74) is 3.63. The predicted octanol–water partition coefficient (Wildman–Crippen LogP) is 4.71. The van der Waals surface area contributed by atoms with Gasteiger partial charge in [-0.15, -0.1) is 11.3 Å². The second-order valence-corrected chi connectivity index (χ2v) is 9.36. The maximum atomic E-state index is 13.6. The van der Waals surface area contributed by atoms with Crippen LogP contribution >= 0.6 is 11.3 Å². The summed E-state index contributed by atoms with van der Waals surface area (Å²) < 4.78 is 18.8. The topological polar surface area (TPSA) is 49.9 Å². The Hall–Kier alpha value is -3.03. The second-order valence-electron chi connectivity index (χ2n) is 8.36. The van der Waals surface area contributed by atoms with E-state index in [0.29, 0.717) is 25.3 Å². The van der Waals surface area contributed by atoms with Crippen LogP contribution in [-0.4, -0.2) is 55.0 Å². The number of thiophene rings is 1. The lowest BCUT2D eigenvalue weighted by Crippen LogP contribution is -2.47. The number of ether oxygens (including phenoxy) is 1. The Morgan fingerprint density at radius 3 is 2.53 bits per heavy atom. The second kappa shape index (κ2) is 10.9. The van der Waals surface area contributed by atoms with Crippen molar-refractivity contribution in [2.24, 2.45) is 0 Å². The number of halogens is 1. The van der Waals surface area contributed by atoms with Crippen LogP contribution in [0.5, 0.6) is 0 Å². The van der Waals surface area contributed by atoms with Crippen molar-refractivity contribution in [1.82, 2.24) is 9.80 Å². The summed E-state index contributed by atoms with van der Waals surface area (Å²) >= 11 is 1.68. The van der Waals surface area contributed by atoms with Crippen molar-refractivity contribution < 1.29 is 18.7 Å². The van der Waals surface area contributed by atoms with Crippen LogP contribution in [0, 0.1) is 5.82 Å². The van der Waals surface area contributed by atoms with E-state index in [9.17, 15) is 14.0 Å². The molecule has 0 saturated carbocycles. The van der Waals surface area contributed by atoms with Crippen LogP contribution in [0.4, 0.5) is 4.39 Å². The molecule has 5 nitrogen and oxygen atoms in total. The zero-order chi connectivity index (χ0) is 24.1. The van der Waals surface area contributed by atoms with E-state index in [1.807, 2.05) is 40.6 Å². The zero-order valence-corrected chi connectivity index (χ0v) is 20.3. The molecule has 0 fully saturated rings. The van der Waals surface area contributed by atoms with Gasteiger partial charge in [0.05, 0.1) is 12.6 Å². The van der Waals surface area contributed by atoms with Crippen LogP contribution in [0.25, 0.3) is 0 Å². The Kier molecular flexibility index (Phi) is 7.75. The minimum atomic E-state index is -0.312. The van der Waals surface area contributed by atoms with Crippen molar-refractivity contribution in [3.8, 4) is 0 Å². The number of aryl methyl sites for hydroxylation is 1. The van der Waals surface area contributed by atoms with E-state index in [1.54, 1.807) is 35.5 Å². The SMILES string of the molecule is CCc1ccc(C(=O)N(CCOC)CC(=O)N2CCc3sccc3C2c2ccc(F)cc2)cc1. The summed E-state index contributed by atoms with van der Waals surface area (Å²) in [5, 5.41) is 2.03. The molecule has 3 aromatic rings. The number of rotatable bonds is 8. The Morgan fingerprint density at radius 1 is 1.12 bits per heavy atom. The first-order valence-electron chi connectivity index (χ1n) is 11.5. The largest absolute Gasteiger partial charge is 0.383 e. The van der Waals surface area contributed by atoms with Crippen molar-refractivity contribution in [2.75, 3.05) is 33.4 Å². The summed E-state index contributed by atoms with van der Waals surface area (Å²) in [4.78, 5) is 31.5. The summed E-state index contributed by atoms with van der Waals surface area (Å²) in [6, 6.07) is 15.6. The highest BCUT2D eigenvalue weighted by Gasteiger charge is 2.34. The molecule has 0 saturated heterocycles. The summed E-state index contributed by atoms with van der Waals surface area (Å²) in [6.07, 6.45) is 1.66. The van der Waals surface area contributed by atoms with Crippen LogP contribution in [0.1, 0.15) is 44.9 Å². The minimum absolute atomic E-state index is 0.0467. The Morgan fingerprint density at radius 2 is 1.85 bits per heavy atom. The van der Waals surface area contributed by atoms with Gasteiger partial charge in [-0.25, -0.2) is 4.39 Å². The number of nitrogens with zero attached hydrogens (tertiary/aromatic N) is 2. The lowest BCUT2D eigenvalue weighted by Gasteiger charge is -2.37. The fourth-order valence-electron chi connectivity index (χ4n) is 4.36. The standard InChI is InChI=1S/C27H29FN2O3S/c1-3-19-4-6-21(7-5-19)27(32)29(15-16-33-2)18-25(31)30-14-12-24-23(13-17-34-24)26(30)20-8-10-22(28)11-9-20/h4-11,13,17,26H,3,12,14-16,18H2,1-2H3. The van der Waals surface area contributed by atoms with E-state index in [0.717, 1.165) is 29.5 Å². The van der Waals surface area contributed by atoms with Crippen molar-refractivity contribution in [3.05, 3.63) is 92.9 Å². The molecule has 1 aliphatic rings. The average molecular weight is 481 g/mol. The van der Waals surface area contributed by atoms with Crippen LogP contribution in [-0.2, 0) is 22.4 Å². The molecule has 34 heavy (non-hydrogen) atoms. The van der Waals surface area contributed by atoms with Crippen LogP contribution in [0.2, 0.25) is 0 Å². The molecule has 2 aromatic carbocycles. The maximum Gasteiger partial charge on any atom is 0.254 e. The first kappa shape index (κ1) is 24.1. The van der Waals surface area contributed by atoms with Crippen LogP contribution < -0.4 is 0 Å². The first-order valence-corrected chi connectivity index (χ1v) is 12.4. The van der Waals surface area contributed by atoms with E-state index >= 15 is 0 Å². The molecule has 0 spiro atoms. The van der Waals surface area contributed by atoms with Gasteiger partial charge in [0.2, 0.25) is 5.91 Å². The molecule has 2 heterocycles. The van der Waals surface area contributed by atoms with Crippen molar-refractivity contribution in [3.63, 3.8) is 0 Å². The molecule has 0 aliphatic carbocycles. The monoisotopic (exact) mass is 480 g/mol. The van der Waals surface area contributed by atoms with E-state index < -0.39 is 0 Å². The van der Waals surface area contributed by atoms with Gasteiger partial charge in [0.25, 0.3) is 5.91 Å². The number of carbonyl (C=O) groups excluding carboxylic acids is 2. The number of hydrogen-bond donors (Lipinski definition) is 0. The fraction of sp³-hybridized carbons (Fsp3) is 0.333. The zero-order valence-electron chi connectivity index (χ0n) is 19.5. The summed E-state index contributed by atoms with van der Waals surface area (Å²) in [7, 11) is 1.58. The van der Waals surface area contributed by atoms with Crippen LogP contribution in [0.3, 0.4) is 0 Å². The quantitative estimate of drug-likeness (QED) is 0.469. The highest BCUT2D eigenvalue weighted by molar-refractivity contribution is 7.10. The van der Waals surface area contributed by atoms with Gasteiger partial charge in [-0.1, -0.05) is 31.2 Å². The lowest BCUT2D eigenvalue weighted by molar-refractivity contribution is -0.134. The smallest absolute Gasteiger partial charge is 0.254 e. The highest BCUT2D eigenvalue weighted by Crippen LogP contribution is 2.38. The molecular weight excluding hydrogens is 451 g/mol.